The van der Waals surface area contributed by atoms with E-state index in [2.05, 4.69) is 117 Å². The maximum atomic E-state index is 13.2. The number of anilines is 3. The summed E-state index contributed by atoms with van der Waals surface area (Å²) >= 11 is 0. The minimum atomic E-state index is -1.03. The van der Waals surface area contributed by atoms with Crippen LogP contribution in [0.1, 0.15) is 61.1 Å². The first kappa shape index (κ1) is 39.9. The summed E-state index contributed by atoms with van der Waals surface area (Å²) in [6, 6.07) is 61.5. The highest BCUT2D eigenvalue weighted by molar-refractivity contribution is 6.01. The Balaban J connectivity index is 0.00000242. The van der Waals surface area contributed by atoms with Gasteiger partial charge >= 0.3 is 0 Å². The molecule has 1 aliphatic rings. The zero-order valence-corrected chi connectivity index (χ0v) is 35.5. The van der Waals surface area contributed by atoms with Gasteiger partial charge in [0.25, 0.3) is 0 Å². The zero-order valence-electron chi connectivity index (χ0n) is 35.5. The van der Waals surface area contributed by atoms with Gasteiger partial charge in [0, 0.05) is 22.5 Å². The number of phenols is 3. The summed E-state index contributed by atoms with van der Waals surface area (Å²) in [4.78, 5) is 1.87. The van der Waals surface area contributed by atoms with Crippen molar-refractivity contribution >= 4 is 44.7 Å². The van der Waals surface area contributed by atoms with Crippen molar-refractivity contribution in [2.45, 2.75) is 39.5 Å². The van der Waals surface area contributed by atoms with Gasteiger partial charge in [-0.05, 0) is 110 Å². The van der Waals surface area contributed by atoms with Gasteiger partial charge in [-0.25, -0.2) is 0 Å². The summed E-state index contributed by atoms with van der Waals surface area (Å²) in [7, 11) is 0. The molecule has 0 heterocycles. The Morgan fingerprint density at radius 3 is 1.77 bits per heavy atom. The van der Waals surface area contributed by atoms with Crippen molar-refractivity contribution in [2.75, 3.05) is 4.90 Å². The van der Waals surface area contributed by atoms with Crippen molar-refractivity contribution in [1.29, 1.82) is 0 Å². The standard InChI is InChI=1S/C56H43NO3.C2H6/c1-3-17-46-44(4-2)48(35-39-20-13-14-25-45(39)46)37-29-31-42(32-30-37)57(43-33-28-36-18-11-12-19-38(36)34-43)52-54(59)51-50(53(58)55(52)60)47-26-15-16-27-49(47)56(51,40-21-7-5-8-22-40)41-23-9-6-10-24-41;1-2/h3,5-35,58-60H,4H2,1-2H3;1-2H3/b17-3-;. The molecular formula is C58H49NO3. The molecule has 0 amide bonds. The van der Waals surface area contributed by atoms with Crippen molar-refractivity contribution in [1.82, 2.24) is 0 Å². The van der Waals surface area contributed by atoms with Gasteiger partial charge in [-0.3, -0.25) is 0 Å². The van der Waals surface area contributed by atoms with Crippen LogP contribution in [-0.2, 0) is 11.8 Å². The van der Waals surface area contributed by atoms with E-state index in [1.165, 1.54) is 21.9 Å². The van der Waals surface area contributed by atoms with Crippen molar-refractivity contribution in [3.05, 3.63) is 221 Å². The summed E-state index contributed by atoms with van der Waals surface area (Å²) in [6.07, 6.45) is 5.16. The molecule has 0 saturated carbocycles. The van der Waals surface area contributed by atoms with Gasteiger partial charge in [0.2, 0.25) is 0 Å². The van der Waals surface area contributed by atoms with Crippen LogP contribution < -0.4 is 4.90 Å². The van der Waals surface area contributed by atoms with Crippen LogP contribution in [0.25, 0.3) is 49.9 Å². The second-order valence-corrected chi connectivity index (χ2v) is 15.5. The SMILES string of the molecule is C/C=C\c1c(CC)c(-c2ccc(N(c3ccc4ccccc4c3)c3c(O)c(O)c4c(c3O)C(c3ccccc3)(c3ccccc3)c3ccccc3-4)cc2)cc2ccccc12.CC. The van der Waals surface area contributed by atoms with E-state index in [0.717, 1.165) is 50.6 Å². The minimum absolute atomic E-state index is 0.0913. The third-order valence-corrected chi connectivity index (χ3v) is 12.3. The molecule has 0 bridgehead atoms. The summed E-state index contributed by atoms with van der Waals surface area (Å²) in [5.74, 6) is -0.823. The van der Waals surface area contributed by atoms with E-state index in [4.69, 9.17) is 0 Å². The van der Waals surface area contributed by atoms with E-state index in [-0.39, 0.29) is 17.2 Å². The van der Waals surface area contributed by atoms with Crippen LogP contribution in [0.5, 0.6) is 17.2 Å². The number of rotatable bonds is 8. The fourth-order valence-electron chi connectivity index (χ4n) is 9.77. The highest BCUT2D eigenvalue weighted by Gasteiger charge is 2.51. The van der Waals surface area contributed by atoms with Crippen LogP contribution in [0.15, 0.2) is 188 Å². The highest BCUT2D eigenvalue weighted by Crippen LogP contribution is 2.66. The summed E-state index contributed by atoms with van der Waals surface area (Å²) in [5.41, 5.74) is 9.58. The topological polar surface area (TPSA) is 63.9 Å². The van der Waals surface area contributed by atoms with E-state index >= 15 is 0 Å². The Morgan fingerprint density at radius 2 is 1.11 bits per heavy atom. The Labute approximate surface area is 364 Å². The molecule has 9 aromatic carbocycles. The van der Waals surface area contributed by atoms with E-state index in [1.807, 2.05) is 110 Å². The minimum Gasteiger partial charge on any atom is -0.505 e. The molecule has 0 fully saturated rings. The van der Waals surface area contributed by atoms with E-state index in [1.54, 1.807) is 0 Å². The number of benzene rings is 9. The second kappa shape index (κ2) is 16.5. The molecule has 4 heteroatoms. The van der Waals surface area contributed by atoms with Crippen LogP contribution >= 0.6 is 0 Å². The normalized spacial score (nSPS) is 12.5. The second-order valence-electron chi connectivity index (χ2n) is 15.5. The number of fused-ring (bicyclic) bond motifs is 5. The number of phenolic OH excluding ortho intramolecular Hbond substituents is 3. The van der Waals surface area contributed by atoms with Gasteiger partial charge in [-0.1, -0.05) is 185 Å². The highest BCUT2D eigenvalue weighted by atomic mass is 16.3. The van der Waals surface area contributed by atoms with E-state index in [9.17, 15) is 15.3 Å². The lowest BCUT2D eigenvalue weighted by Crippen LogP contribution is -2.29. The van der Waals surface area contributed by atoms with Gasteiger partial charge in [0.15, 0.2) is 11.5 Å². The quantitative estimate of drug-likeness (QED) is 0.106. The van der Waals surface area contributed by atoms with Gasteiger partial charge in [-0.2, -0.15) is 0 Å². The molecule has 0 unspecified atom stereocenters. The molecule has 304 valence electrons. The number of hydrogen-bond acceptors (Lipinski definition) is 4. The third kappa shape index (κ3) is 6.21. The summed E-state index contributed by atoms with van der Waals surface area (Å²) in [6.45, 7) is 8.26. The lowest BCUT2D eigenvalue weighted by atomic mass is 9.67. The largest absolute Gasteiger partial charge is 0.505 e. The van der Waals surface area contributed by atoms with Crippen LogP contribution in [0.2, 0.25) is 0 Å². The van der Waals surface area contributed by atoms with Gasteiger partial charge < -0.3 is 20.2 Å². The lowest BCUT2D eigenvalue weighted by Gasteiger charge is -2.36. The van der Waals surface area contributed by atoms with Gasteiger partial charge in [0.1, 0.15) is 11.4 Å². The fourth-order valence-corrected chi connectivity index (χ4v) is 9.77. The fraction of sp³-hybridized carbons (Fsp3) is 0.103. The van der Waals surface area contributed by atoms with E-state index in [0.29, 0.717) is 22.5 Å². The van der Waals surface area contributed by atoms with Crippen LogP contribution in [-0.4, -0.2) is 15.3 Å². The van der Waals surface area contributed by atoms with E-state index < -0.39 is 11.2 Å². The molecule has 0 radical (unpaired) electrons. The first-order valence-electron chi connectivity index (χ1n) is 21.5. The maximum absolute atomic E-state index is 13.2. The lowest BCUT2D eigenvalue weighted by molar-refractivity contribution is 0.397. The van der Waals surface area contributed by atoms with Crippen molar-refractivity contribution in [2.24, 2.45) is 0 Å². The van der Waals surface area contributed by atoms with Crippen LogP contribution in [0.3, 0.4) is 0 Å². The smallest absolute Gasteiger partial charge is 0.186 e. The number of hydrogen-bond donors (Lipinski definition) is 3. The molecule has 1 aliphatic carbocycles. The van der Waals surface area contributed by atoms with Crippen molar-refractivity contribution < 1.29 is 15.3 Å². The molecule has 10 rings (SSSR count). The predicted molar refractivity (Wildman–Crippen MR) is 259 cm³/mol. The molecule has 3 N–H and O–H groups in total. The molecule has 62 heavy (non-hydrogen) atoms. The molecule has 4 nitrogen and oxygen atoms in total. The average molecular weight is 808 g/mol. The molecular weight excluding hydrogens is 759 g/mol. The maximum Gasteiger partial charge on any atom is 0.186 e. The van der Waals surface area contributed by atoms with Crippen LogP contribution in [0, 0.1) is 0 Å². The number of nitrogens with zero attached hydrogens (tertiary/aromatic N) is 1. The molecule has 0 aliphatic heterocycles. The molecule has 0 atom stereocenters. The van der Waals surface area contributed by atoms with Crippen molar-refractivity contribution in [3.63, 3.8) is 0 Å². The Morgan fingerprint density at radius 1 is 0.532 bits per heavy atom. The zero-order chi connectivity index (χ0) is 43.0. The molecule has 0 saturated heterocycles. The van der Waals surface area contributed by atoms with Gasteiger partial charge in [-0.15, -0.1) is 0 Å². The first-order valence-corrected chi connectivity index (χ1v) is 21.5. The average Bonchev–Trinajstić information content (AvgIpc) is 3.65. The molecule has 0 aromatic heterocycles. The van der Waals surface area contributed by atoms with Crippen molar-refractivity contribution in [3.8, 4) is 39.5 Å². The van der Waals surface area contributed by atoms with Gasteiger partial charge in [0.05, 0.1) is 5.41 Å². The molecule has 0 spiro atoms. The summed E-state index contributed by atoms with van der Waals surface area (Å²) < 4.78 is 0. The number of allylic oxidation sites excluding steroid dienone is 1. The monoisotopic (exact) mass is 807 g/mol. The predicted octanol–water partition coefficient (Wildman–Crippen LogP) is 15.2. The number of aromatic hydroxyl groups is 3. The van der Waals surface area contributed by atoms with Crippen LogP contribution in [0.4, 0.5) is 17.1 Å². The Bertz CT molecular complexity index is 3080. The first-order chi connectivity index (χ1) is 30.4. The Hall–Kier alpha value is -7.56. The molecule has 9 aromatic rings. The summed E-state index contributed by atoms with van der Waals surface area (Å²) in [5, 5.41) is 42.5. The Kier molecular flexibility index (Phi) is 10.6. The third-order valence-electron chi connectivity index (χ3n) is 12.3.